The van der Waals surface area contributed by atoms with E-state index in [1.807, 2.05) is 4.90 Å². The van der Waals surface area contributed by atoms with Crippen LogP contribution in [0.5, 0.6) is 0 Å². The van der Waals surface area contributed by atoms with E-state index < -0.39 is 0 Å². The predicted octanol–water partition coefficient (Wildman–Crippen LogP) is 0.337. The van der Waals surface area contributed by atoms with Gasteiger partial charge in [-0.15, -0.1) is 0 Å². The van der Waals surface area contributed by atoms with Crippen LogP contribution in [0.4, 0.5) is 0 Å². The van der Waals surface area contributed by atoms with Gasteiger partial charge in [-0.3, -0.25) is 14.5 Å². The zero-order valence-corrected chi connectivity index (χ0v) is 11.1. The molecular weight excluding hydrogens is 230 g/mol. The van der Waals surface area contributed by atoms with Crippen LogP contribution in [0.25, 0.3) is 0 Å². The van der Waals surface area contributed by atoms with Crippen LogP contribution >= 0.6 is 0 Å². The second kappa shape index (κ2) is 5.69. The SMILES string of the molecule is CC(=O)N1CC[C@@H]2[C@@H]1CCCCCN2CC(N)=O. The summed E-state index contributed by atoms with van der Waals surface area (Å²) in [6.45, 7) is 3.71. The maximum Gasteiger partial charge on any atom is 0.231 e. The highest BCUT2D eigenvalue weighted by molar-refractivity contribution is 5.76. The highest BCUT2D eigenvalue weighted by Gasteiger charge is 2.39. The number of hydrogen-bond acceptors (Lipinski definition) is 3. The lowest BCUT2D eigenvalue weighted by Gasteiger charge is -2.36. The third-order valence-electron chi connectivity index (χ3n) is 4.19. The Labute approximate surface area is 108 Å². The van der Waals surface area contributed by atoms with E-state index in [9.17, 15) is 9.59 Å². The molecule has 18 heavy (non-hydrogen) atoms. The fourth-order valence-electron chi connectivity index (χ4n) is 3.41. The summed E-state index contributed by atoms with van der Waals surface area (Å²) in [6.07, 6.45) is 5.49. The van der Waals surface area contributed by atoms with E-state index in [1.54, 1.807) is 6.92 Å². The van der Waals surface area contributed by atoms with E-state index in [4.69, 9.17) is 5.73 Å². The lowest BCUT2D eigenvalue weighted by molar-refractivity contribution is -0.130. The Bertz CT molecular complexity index is 332. The molecule has 0 aromatic rings. The van der Waals surface area contributed by atoms with Crippen LogP contribution in [-0.2, 0) is 9.59 Å². The number of primary amides is 1. The molecule has 0 spiro atoms. The minimum atomic E-state index is -0.268. The van der Waals surface area contributed by atoms with Crippen LogP contribution in [0.3, 0.4) is 0 Å². The summed E-state index contributed by atoms with van der Waals surface area (Å²) < 4.78 is 0. The number of carbonyl (C=O) groups is 2. The van der Waals surface area contributed by atoms with E-state index in [1.165, 1.54) is 12.8 Å². The highest BCUT2D eigenvalue weighted by Crippen LogP contribution is 2.29. The number of hydrogen-bond donors (Lipinski definition) is 1. The van der Waals surface area contributed by atoms with Gasteiger partial charge >= 0.3 is 0 Å². The summed E-state index contributed by atoms with van der Waals surface area (Å²) in [5, 5.41) is 0. The molecule has 0 unspecified atom stereocenters. The number of carbonyl (C=O) groups excluding carboxylic acids is 2. The van der Waals surface area contributed by atoms with Crippen LogP contribution in [0.2, 0.25) is 0 Å². The molecule has 0 radical (unpaired) electrons. The smallest absolute Gasteiger partial charge is 0.231 e. The quantitative estimate of drug-likeness (QED) is 0.771. The molecule has 0 aliphatic carbocycles. The molecule has 2 aliphatic heterocycles. The van der Waals surface area contributed by atoms with E-state index in [0.29, 0.717) is 12.6 Å². The van der Waals surface area contributed by atoms with Crippen molar-refractivity contribution in [2.45, 2.75) is 51.1 Å². The van der Waals surface area contributed by atoms with Gasteiger partial charge in [-0.25, -0.2) is 0 Å². The molecule has 0 bridgehead atoms. The van der Waals surface area contributed by atoms with Gasteiger partial charge in [0.2, 0.25) is 11.8 Å². The van der Waals surface area contributed by atoms with Crippen LogP contribution in [0.15, 0.2) is 0 Å². The van der Waals surface area contributed by atoms with Crippen molar-refractivity contribution in [3.8, 4) is 0 Å². The van der Waals surface area contributed by atoms with Crippen molar-refractivity contribution in [2.75, 3.05) is 19.6 Å². The number of nitrogens with two attached hydrogens (primary N) is 1. The van der Waals surface area contributed by atoms with Crippen molar-refractivity contribution < 1.29 is 9.59 Å². The fourth-order valence-corrected chi connectivity index (χ4v) is 3.41. The van der Waals surface area contributed by atoms with E-state index in [0.717, 1.165) is 32.4 Å². The zero-order chi connectivity index (χ0) is 13.1. The standard InChI is InChI=1S/C13H23N3O2/c1-10(17)16-8-6-11-12(16)5-3-2-4-7-15(11)9-13(14)18/h11-12H,2-9H2,1H3,(H2,14,18)/t11-,12+/m1/s1. The van der Waals surface area contributed by atoms with E-state index >= 15 is 0 Å². The summed E-state index contributed by atoms with van der Waals surface area (Å²) in [7, 11) is 0. The molecule has 2 saturated heterocycles. The minimum absolute atomic E-state index is 0.155. The van der Waals surface area contributed by atoms with Crippen molar-refractivity contribution in [2.24, 2.45) is 5.73 Å². The molecule has 2 atom stereocenters. The number of amides is 2. The molecule has 102 valence electrons. The first kappa shape index (κ1) is 13.3. The molecule has 2 fully saturated rings. The summed E-state index contributed by atoms with van der Waals surface area (Å²) in [4.78, 5) is 27.0. The van der Waals surface area contributed by atoms with Crippen molar-refractivity contribution in [3.63, 3.8) is 0 Å². The van der Waals surface area contributed by atoms with Crippen molar-refractivity contribution >= 4 is 11.8 Å². The summed E-state index contributed by atoms with van der Waals surface area (Å²) >= 11 is 0. The molecule has 2 rings (SSSR count). The average molecular weight is 253 g/mol. The Hall–Kier alpha value is -1.10. The van der Waals surface area contributed by atoms with Gasteiger partial charge in [0.05, 0.1) is 6.54 Å². The largest absolute Gasteiger partial charge is 0.369 e. The van der Waals surface area contributed by atoms with Crippen molar-refractivity contribution in [1.82, 2.24) is 9.80 Å². The third kappa shape index (κ3) is 2.83. The predicted molar refractivity (Wildman–Crippen MR) is 68.8 cm³/mol. The molecule has 2 N–H and O–H groups in total. The van der Waals surface area contributed by atoms with Crippen LogP contribution in [0.1, 0.15) is 39.0 Å². The number of rotatable bonds is 2. The lowest BCUT2D eigenvalue weighted by atomic mass is 9.97. The first-order valence-electron chi connectivity index (χ1n) is 6.89. The summed E-state index contributed by atoms with van der Waals surface area (Å²) in [5.74, 6) is -0.113. The number of fused-ring (bicyclic) bond motifs is 1. The molecular formula is C13H23N3O2. The molecule has 0 aromatic carbocycles. The first-order valence-corrected chi connectivity index (χ1v) is 6.89. The zero-order valence-electron chi connectivity index (χ0n) is 11.1. The van der Waals surface area contributed by atoms with Crippen LogP contribution in [-0.4, -0.2) is 53.3 Å². The minimum Gasteiger partial charge on any atom is -0.369 e. The van der Waals surface area contributed by atoms with Crippen molar-refractivity contribution in [1.29, 1.82) is 0 Å². The van der Waals surface area contributed by atoms with Gasteiger partial charge in [0.15, 0.2) is 0 Å². The van der Waals surface area contributed by atoms with Gasteiger partial charge in [-0.1, -0.05) is 12.8 Å². The number of nitrogens with zero attached hydrogens (tertiary/aromatic N) is 2. The first-order chi connectivity index (χ1) is 8.59. The molecule has 5 heteroatoms. The Morgan fingerprint density at radius 1 is 1.11 bits per heavy atom. The molecule has 2 aliphatic rings. The fraction of sp³-hybridized carbons (Fsp3) is 0.846. The Morgan fingerprint density at radius 3 is 2.56 bits per heavy atom. The van der Waals surface area contributed by atoms with Gasteiger partial charge in [0.25, 0.3) is 0 Å². The summed E-state index contributed by atoms with van der Waals surface area (Å²) in [6, 6.07) is 0.601. The van der Waals surface area contributed by atoms with E-state index in [2.05, 4.69) is 4.90 Å². The van der Waals surface area contributed by atoms with Crippen LogP contribution in [0, 0.1) is 0 Å². The molecule has 5 nitrogen and oxygen atoms in total. The Kier molecular flexibility index (Phi) is 4.22. The molecule has 0 aromatic heterocycles. The topological polar surface area (TPSA) is 66.6 Å². The van der Waals surface area contributed by atoms with Gasteiger partial charge in [0.1, 0.15) is 0 Å². The number of likely N-dealkylation sites (tertiary alicyclic amines) is 2. The Morgan fingerprint density at radius 2 is 1.89 bits per heavy atom. The Balaban J connectivity index is 2.12. The average Bonchev–Trinajstić information content (AvgIpc) is 2.66. The monoisotopic (exact) mass is 253 g/mol. The second-order valence-corrected chi connectivity index (χ2v) is 5.42. The van der Waals surface area contributed by atoms with Crippen LogP contribution < -0.4 is 5.73 Å². The lowest BCUT2D eigenvalue weighted by Crippen LogP contribution is -2.50. The second-order valence-electron chi connectivity index (χ2n) is 5.42. The molecule has 2 heterocycles. The summed E-state index contributed by atoms with van der Waals surface area (Å²) in [5.41, 5.74) is 5.33. The van der Waals surface area contributed by atoms with E-state index in [-0.39, 0.29) is 17.9 Å². The van der Waals surface area contributed by atoms with Gasteiger partial charge in [-0.2, -0.15) is 0 Å². The third-order valence-corrected chi connectivity index (χ3v) is 4.19. The molecule has 2 amide bonds. The maximum absolute atomic E-state index is 11.6. The van der Waals surface area contributed by atoms with Gasteiger partial charge in [0, 0.05) is 25.6 Å². The van der Waals surface area contributed by atoms with Gasteiger partial charge < -0.3 is 10.6 Å². The molecule has 0 saturated carbocycles. The highest BCUT2D eigenvalue weighted by atomic mass is 16.2. The normalized spacial score (nSPS) is 29.5. The van der Waals surface area contributed by atoms with Gasteiger partial charge in [-0.05, 0) is 25.8 Å². The van der Waals surface area contributed by atoms with Crippen molar-refractivity contribution in [3.05, 3.63) is 0 Å². The maximum atomic E-state index is 11.6.